The fourth-order valence-corrected chi connectivity index (χ4v) is 5.61. The van der Waals surface area contributed by atoms with Crippen molar-refractivity contribution < 1.29 is 8.95 Å². The average Bonchev–Trinajstić information content (AvgIpc) is 3.22. The maximum absolute atomic E-state index is 12.5. The van der Waals surface area contributed by atoms with Gasteiger partial charge in [-0.05, 0) is 31.0 Å². The molecule has 0 bridgehead atoms. The van der Waals surface area contributed by atoms with Gasteiger partial charge < -0.3 is 4.74 Å². The first-order valence-electron chi connectivity index (χ1n) is 7.36. The first-order chi connectivity index (χ1) is 11.3. The smallest absolute Gasteiger partial charge is 0.195 e. The summed E-state index contributed by atoms with van der Waals surface area (Å²) in [6, 6.07) is 5.75. The second-order valence-corrected chi connectivity index (χ2v) is 8.67. The molecule has 0 saturated carbocycles. The first-order valence-corrected chi connectivity index (χ1v) is 10.2. The highest BCUT2D eigenvalue weighted by molar-refractivity contribution is 7.89. The van der Waals surface area contributed by atoms with Gasteiger partial charge in [0.15, 0.2) is 16.1 Å². The highest BCUT2D eigenvalue weighted by Crippen LogP contribution is 2.31. The molecule has 0 amide bonds. The van der Waals surface area contributed by atoms with Crippen molar-refractivity contribution in [2.75, 3.05) is 17.9 Å². The standard InChI is InChI=1S/C15H15N3O2S3/c19-23(14-8-11-13(22-14)2-1-5-16-11)18-15-17-12(9-21-15)10-3-6-20-7-4-10/h1-2,5,8-10H,3-4,6-7H2,(H,17,18). The largest absolute Gasteiger partial charge is 0.381 e. The molecule has 4 rings (SSSR count). The molecule has 5 nitrogen and oxygen atoms in total. The lowest BCUT2D eigenvalue weighted by molar-refractivity contribution is 0.0846. The molecule has 1 unspecified atom stereocenters. The number of nitrogens with zero attached hydrogens (tertiary/aromatic N) is 2. The monoisotopic (exact) mass is 365 g/mol. The van der Waals surface area contributed by atoms with E-state index in [-0.39, 0.29) is 0 Å². The predicted molar refractivity (Wildman–Crippen MR) is 94.6 cm³/mol. The Morgan fingerprint density at radius 1 is 1.35 bits per heavy atom. The minimum absolute atomic E-state index is 0.456. The third-order valence-electron chi connectivity index (χ3n) is 3.79. The number of ether oxygens (including phenoxy) is 1. The number of anilines is 1. The van der Waals surface area contributed by atoms with Crippen molar-refractivity contribution in [3.63, 3.8) is 0 Å². The number of hydrogen-bond donors (Lipinski definition) is 1. The van der Waals surface area contributed by atoms with Crippen LogP contribution < -0.4 is 4.72 Å². The van der Waals surface area contributed by atoms with Crippen molar-refractivity contribution in [2.45, 2.75) is 23.0 Å². The van der Waals surface area contributed by atoms with Crippen LogP contribution in [0.4, 0.5) is 5.13 Å². The Bertz CT molecular complexity index is 806. The number of nitrogens with one attached hydrogen (secondary N) is 1. The summed E-state index contributed by atoms with van der Waals surface area (Å²) >= 11 is 3.00. The Morgan fingerprint density at radius 2 is 2.22 bits per heavy atom. The van der Waals surface area contributed by atoms with Crippen molar-refractivity contribution in [3.05, 3.63) is 35.5 Å². The Labute approximate surface area is 144 Å². The van der Waals surface area contributed by atoms with Crippen LogP contribution in [0, 0.1) is 0 Å². The lowest BCUT2D eigenvalue weighted by Crippen LogP contribution is -2.14. The molecule has 1 atom stereocenters. The first kappa shape index (κ1) is 15.2. The summed E-state index contributed by atoms with van der Waals surface area (Å²) in [5.41, 5.74) is 1.96. The summed E-state index contributed by atoms with van der Waals surface area (Å²) in [6.07, 6.45) is 3.76. The summed E-state index contributed by atoms with van der Waals surface area (Å²) in [4.78, 5) is 8.88. The van der Waals surface area contributed by atoms with Gasteiger partial charge in [-0.3, -0.25) is 9.71 Å². The Kier molecular flexibility index (Phi) is 4.39. The SMILES string of the molecule is O=S(Nc1nc(C2CCOCC2)cs1)c1cc2ncccc2s1. The Hall–Kier alpha value is -1.35. The van der Waals surface area contributed by atoms with E-state index in [1.54, 1.807) is 6.20 Å². The van der Waals surface area contributed by atoms with E-state index in [0.717, 1.165) is 46.2 Å². The molecule has 3 aromatic heterocycles. The third kappa shape index (κ3) is 3.30. The van der Waals surface area contributed by atoms with E-state index in [4.69, 9.17) is 4.74 Å². The van der Waals surface area contributed by atoms with E-state index in [1.165, 1.54) is 22.7 Å². The topological polar surface area (TPSA) is 64.1 Å². The minimum Gasteiger partial charge on any atom is -0.381 e. The lowest BCUT2D eigenvalue weighted by Gasteiger charge is -2.19. The maximum Gasteiger partial charge on any atom is 0.195 e. The van der Waals surface area contributed by atoms with Crippen LogP contribution >= 0.6 is 22.7 Å². The van der Waals surface area contributed by atoms with Gasteiger partial charge in [-0.1, -0.05) is 0 Å². The van der Waals surface area contributed by atoms with E-state index >= 15 is 0 Å². The van der Waals surface area contributed by atoms with Crippen molar-refractivity contribution >= 4 is 49.0 Å². The van der Waals surface area contributed by atoms with Crippen LogP contribution in [0.5, 0.6) is 0 Å². The second kappa shape index (κ2) is 6.64. The van der Waals surface area contributed by atoms with E-state index in [2.05, 4.69) is 20.1 Å². The van der Waals surface area contributed by atoms with Gasteiger partial charge in [-0.15, -0.1) is 22.7 Å². The molecule has 1 fully saturated rings. The number of pyridine rings is 1. The molecule has 120 valence electrons. The van der Waals surface area contributed by atoms with Gasteiger partial charge in [0.2, 0.25) is 0 Å². The number of rotatable bonds is 4. The van der Waals surface area contributed by atoms with Crippen LogP contribution in [0.1, 0.15) is 24.5 Å². The van der Waals surface area contributed by atoms with Crippen molar-refractivity contribution in [2.24, 2.45) is 0 Å². The fraction of sp³-hybridized carbons (Fsp3) is 0.333. The van der Waals surface area contributed by atoms with Crippen molar-refractivity contribution in [1.29, 1.82) is 0 Å². The predicted octanol–water partition coefficient (Wildman–Crippen LogP) is 3.78. The molecule has 4 heterocycles. The number of hydrogen-bond acceptors (Lipinski definition) is 6. The maximum atomic E-state index is 12.5. The molecule has 1 N–H and O–H groups in total. The Morgan fingerprint density at radius 3 is 3.04 bits per heavy atom. The lowest BCUT2D eigenvalue weighted by atomic mass is 9.98. The molecule has 1 aliphatic heterocycles. The third-order valence-corrected chi connectivity index (χ3v) is 7.14. The molecular weight excluding hydrogens is 350 g/mol. The molecule has 8 heteroatoms. The molecule has 0 aromatic carbocycles. The van der Waals surface area contributed by atoms with Gasteiger partial charge in [0.1, 0.15) is 4.21 Å². The molecule has 0 spiro atoms. The van der Waals surface area contributed by atoms with E-state index in [0.29, 0.717) is 11.0 Å². The summed E-state index contributed by atoms with van der Waals surface area (Å²) in [7, 11) is -1.31. The number of aromatic nitrogens is 2. The van der Waals surface area contributed by atoms with E-state index < -0.39 is 11.0 Å². The fourth-order valence-electron chi connectivity index (χ4n) is 2.58. The van der Waals surface area contributed by atoms with Gasteiger partial charge in [0.25, 0.3) is 0 Å². The molecule has 0 radical (unpaired) electrons. The normalized spacial score (nSPS) is 17.4. The zero-order valence-electron chi connectivity index (χ0n) is 12.2. The molecule has 0 aliphatic carbocycles. The molecule has 3 aromatic rings. The van der Waals surface area contributed by atoms with Crippen molar-refractivity contribution in [3.8, 4) is 0 Å². The van der Waals surface area contributed by atoms with E-state index in [9.17, 15) is 4.21 Å². The number of thiazole rings is 1. The van der Waals surface area contributed by atoms with Crippen LogP contribution in [-0.4, -0.2) is 27.4 Å². The molecule has 23 heavy (non-hydrogen) atoms. The van der Waals surface area contributed by atoms with Crippen LogP contribution in [0.3, 0.4) is 0 Å². The van der Waals surface area contributed by atoms with Gasteiger partial charge in [0.05, 0.1) is 15.9 Å². The van der Waals surface area contributed by atoms with Crippen molar-refractivity contribution in [1.82, 2.24) is 9.97 Å². The zero-order valence-corrected chi connectivity index (χ0v) is 14.7. The van der Waals surface area contributed by atoms with Gasteiger partial charge in [-0.25, -0.2) is 9.19 Å². The zero-order chi connectivity index (χ0) is 15.6. The number of thiophene rings is 1. The average molecular weight is 366 g/mol. The van der Waals surface area contributed by atoms with Crippen LogP contribution in [-0.2, 0) is 15.7 Å². The highest BCUT2D eigenvalue weighted by Gasteiger charge is 2.19. The summed E-state index contributed by atoms with van der Waals surface area (Å²) < 4.78 is 22.7. The van der Waals surface area contributed by atoms with Crippen LogP contribution in [0.2, 0.25) is 0 Å². The summed E-state index contributed by atoms with van der Waals surface area (Å²) in [6.45, 7) is 1.59. The quantitative estimate of drug-likeness (QED) is 0.764. The summed E-state index contributed by atoms with van der Waals surface area (Å²) in [5.74, 6) is 0.456. The number of fused-ring (bicyclic) bond motifs is 1. The molecular formula is C15H15N3O2S3. The van der Waals surface area contributed by atoms with Gasteiger partial charge >= 0.3 is 0 Å². The second-order valence-electron chi connectivity index (χ2n) is 5.29. The van der Waals surface area contributed by atoms with E-state index in [1.807, 2.05) is 18.2 Å². The highest BCUT2D eigenvalue weighted by atomic mass is 32.2. The Balaban J connectivity index is 1.49. The minimum atomic E-state index is -1.31. The summed E-state index contributed by atoms with van der Waals surface area (Å²) in [5, 5.41) is 2.76. The molecule has 1 aliphatic rings. The van der Waals surface area contributed by atoms with Gasteiger partial charge in [0, 0.05) is 30.7 Å². The van der Waals surface area contributed by atoms with Crippen LogP contribution in [0.25, 0.3) is 10.2 Å². The van der Waals surface area contributed by atoms with Gasteiger partial charge in [-0.2, -0.15) is 0 Å². The molecule has 1 saturated heterocycles. The van der Waals surface area contributed by atoms with Crippen LogP contribution in [0.15, 0.2) is 34.0 Å².